The monoisotopic (exact) mass is 208 g/mol. The van der Waals surface area contributed by atoms with E-state index in [4.69, 9.17) is 5.11 Å². The van der Waals surface area contributed by atoms with Gasteiger partial charge in [0.25, 0.3) is 0 Å². The molecule has 0 aromatic carbocycles. The Morgan fingerprint density at radius 3 is 3.00 bits per heavy atom. The first-order valence-corrected chi connectivity index (χ1v) is 4.75. The van der Waals surface area contributed by atoms with Crippen molar-refractivity contribution in [2.24, 2.45) is 0 Å². The summed E-state index contributed by atoms with van der Waals surface area (Å²) < 4.78 is 0. The van der Waals surface area contributed by atoms with Gasteiger partial charge >= 0.3 is 0 Å². The lowest BCUT2D eigenvalue weighted by molar-refractivity contribution is -0.117. The first kappa shape index (κ1) is 10.1. The van der Waals surface area contributed by atoms with Gasteiger partial charge in [0.1, 0.15) is 5.82 Å². The molecule has 1 aromatic heterocycles. The van der Waals surface area contributed by atoms with Gasteiger partial charge in [0.15, 0.2) is 0 Å². The number of rotatable bonds is 2. The number of amides is 1. The maximum Gasteiger partial charge on any atom is 0.230 e. The number of pyridine rings is 1. The van der Waals surface area contributed by atoms with E-state index in [1.165, 1.54) is 4.90 Å². The van der Waals surface area contributed by atoms with E-state index in [1.54, 1.807) is 18.3 Å². The van der Waals surface area contributed by atoms with Crippen LogP contribution in [0.1, 0.15) is 12.0 Å². The summed E-state index contributed by atoms with van der Waals surface area (Å²) in [5, 5.41) is 18.3. The Bertz CT molecular complexity index is 381. The zero-order chi connectivity index (χ0) is 10.8. The van der Waals surface area contributed by atoms with Crippen molar-refractivity contribution in [2.75, 3.05) is 11.4 Å². The van der Waals surface area contributed by atoms with Gasteiger partial charge in [-0.2, -0.15) is 0 Å². The van der Waals surface area contributed by atoms with E-state index in [-0.39, 0.29) is 25.5 Å². The Hall–Kier alpha value is -1.46. The fourth-order valence-electron chi connectivity index (χ4n) is 1.62. The van der Waals surface area contributed by atoms with Crippen LogP contribution >= 0.6 is 0 Å². The molecule has 2 N–H and O–H groups in total. The maximum absolute atomic E-state index is 11.4. The summed E-state index contributed by atoms with van der Waals surface area (Å²) in [7, 11) is 0. The molecule has 0 aliphatic carbocycles. The highest BCUT2D eigenvalue weighted by atomic mass is 16.3. The Labute approximate surface area is 87.0 Å². The molecule has 15 heavy (non-hydrogen) atoms. The summed E-state index contributed by atoms with van der Waals surface area (Å²) in [6.07, 6.45) is 1.07. The fraction of sp³-hybridized carbons (Fsp3) is 0.400. The second-order valence-corrected chi connectivity index (χ2v) is 3.54. The van der Waals surface area contributed by atoms with Crippen molar-refractivity contribution in [1.82, 2.24) is 4.98 Å². The Balaban J connectivity index is 2.25. The molecule has 1 aliphatic rings. The number of anilines is 1. The van der Waals surface area contributed by atoms with Crippen molar-refractivity contribution in [3.8, 4) is 0 Å². The van der Waals surface area contributed by atoms with Crippen LogP contribution in [0.5, 0.6) is 0 Å². The molecule has 5 heteroatoms. The molecule has 0 radical (unpaired) electrons. The molecule has 0 spiro atoms. The second kappa shape index (κ2) is 3.96. The van der Waals surface area contributed by atoms with Crippen LogP contribution in [-0.2, 0) is 11.4 Å². The summed E-state index contributed by atoms with van der Waals surface area (Å²) in [6.45, 7) is 0.195. The van der Waals surface area contributed by atoms with Gasteiger partial charge < -0.3 is 10.2 Å². The Morgan fingerprint density at radius 1 is 1.60 bits per heavy atom. The number of aliphatic hydroxyl groups is 2. The number of aromatic nitrogens is 1. The van der Waals surface area contributed by atoms with Gasteiger partial charge in [-0.05, 0) is 17.7 Å². The van der Waals surface area contributed by atoms with Crippen molar-refractivity contribution in [3.63, 3.8) is 0 Å². The molecule has 1 aliphatic heterocycles. The average Bonchev–Trinajstić information content (AvgIpc) is 2.58. The summed E-state index contributed by atoms with van der Waals surface area (Å²) in [5.74, 6) is 0.355. The molecular weight excluding hydrogens is 196 g/mol. The third-order valence-corrected chi connectivity index (χ3v) is 2.37. The van der Waals surface area contributed by atoms with Crippen LogP contribution < -0.4 is 4.90 Å². The van der Waals surface area contributed by atoms with Crippen LogP contribution in [-0.4, -0.2) is 33.8 Å². The average molecular weight is 208 g/mol. The molecule has 1 atom stereocenters. The quantitative estimate of drug-likeness (QED) is 0.698. The highest BCUT2D eigenvalue weighted by Crippen LogP contribution is 2.19. The summed E-state index contributed by atoms with van der Waals surface area (Å²) in [5.41, 5.74) is 0.703. The van der Waals surface area contributed by atoms with Crippen LogP contribution in [0.15, 0.2) is 18.3 Å². The van der Waals surface area contributed by atoms with Crippen LogP contribution in [0.3, 0.4) is 0 Å². The molecule has 1 aromatic rings. The van der Waals surface area contributed by atoms with Gasteiger partial charge in [0.2, 0.25) is 5.91 Å². The standard InChI is InChI=1S/C10H12N2O3/c13-6-7-1-2-11-9(3-7)12-5-8(14)4-10(12)15/h1-3,8,13-14H,4-6H2. The number of aliphatic hydroxyl groups excluding tert-OH is 2. The number of hydrogen-bond acceptors (Lipinski definition) is 4. The second-order valence-electron chi connectivity index (χ2n) is 3.54. The molecule has 1 saturated heterocycles. The molecule has 80 valence electrons. The van der Waals surface area contributed by atoms with Crippen molar-refractivity contribution >= 4 is 11.7 Å². The third-order valence-electron chi connectivity index (χ3n) is 2.37. The van der Waals surface area contributed by atoms with Crippen LogP contribution in [0, 0.1) is 0 Å². The fourth-order valence-corrected chi connectivity index (χ4v) is 1.62. The van der Waals surface area contributed by atoms with Crippen molar-refractivity contribution in [3.05, 3.63) is 23.9 Å². The Morgan fingerprint density at radius 2 is 2.40 bits per heavy atom. The number of nitrogens with zero attached hydrogens (tertiary/aromatic N) is 2. The van der Waals surface area contributed by atoms with E-state index in [0.717, 1.165) is 0 Å². The van der Waals surface area contributed by atoms with Gasteiger partial charge in [-0.25, -0.2) is 4.98 Å². The smallest absolute Gasteiger partial charge is 0.230 e. The number of carbonyl (C=O) groups is 1. The third kappa shape index (κ3) is 1.98. The normalized spacial score (nSPS) is 21.1. The molecule has 0 bridgehead atoms. The lowest BCUT2D eigenvalue weighted by Gasteiger charge is -2.14. The van der Waals surface area contributed by atoms with E-state index in [2.05, 4.69) is 4.98 Å². The molecule has 0 saturated carbocycles. The number of hydrogen-bond donors (Lipinski definition) is 2. The predicted molar refractivity (Wildman–Crippen MR) is 53.1 cm³/mol. The van der Waals surface area contributed by atoms with Crippen LogP contribution in [0.4, 0.5) is 5.82 Å². The lowest BCUT2D eigenvalue weighted by Crippen LogP contribution is -2.26. The van der Waals surface area contributed by atoms with Gasteiger partial charge in [-0.3, -0.25) is 9.69 Å². The lowest BCUT2D eigenvalue weighted by atomic mass is 10.3. The minimum atomic E-state index is -0.614. The highest BCUT2D eigenvalue weighted by molar-refractivity contribution is 5.95. The highest BCUT2D eigenvalue weighted by Gasteiger charge is 2.29. The predicted octanol–water partition coefficient (Wildman–Crippen LogP) is -0.329. The molecule has 1 unspecified atom stereocenters. The van der Waals surface area contributed by atoms with Crippen LogP contribution in [0.2, 0.25) is 0 Å². The van der Waals surface area contributed by atoms with Crippen molar-refractivity contribution < 1.29 is 15.0 Å². The molecule has 1 fully saturated rings. The van der Waals surface area contributed by atoms with Gasteiger partial charge in [-0.1, -0.05) is 0 Å². The number of β-amino-alcohol motifs (C(OH)–C–C–N with tert-alkyl or cyclic N) is 1. The van der Waals surface area contributed by atoms with Gasteiger partial charge in [0, 0.05) is 6.20 Å². The summed E-state index contributed by atoms with van der Waals surface area (Å²) in [4.78, 5) is 16.9. The van der Waals surface area contributed by atoms with E-state index >= 15 is 0 Å². The minimum absolute atomic E-state index is 0.0832. The first-order valence-electron chi connectivity index (χ1n) is 4.75. The van der Waals surface area contributed by atoms with Crippen molar-refractivity contribution in [1.29, 1.82) is 0 Å². The van der Waals surface area contributed by atoms with E-state index in [1.807, 2.05) is 0 Å². The summed E-state index contributed by atoms with van der Waals surface area (Å²) >= 11 is 0. The Kier molecular flexibility index (Phi) is 2.66. The van der Waals surface area contributed by atoms with Gasteiger partial charge in [-0.15, -0.1) is 0 Å². The maximum atomic E-state index is 11.4. The van der Waals surface area contributed by atoms with E-state index in [9.17, 15) is 9.90 Å². The molecule has 2 heterocycles. The van der Waals surface area contributed by atoms with E-state index < -0.39 is 6.10 Å². The molecule has 2 rings (SSSR count). The zero-order valence-electron chi connectivity index (χ0n) is 8.13. The van der Waals surface area contributed by atoms with Crippen LogP contribution in [0.25, 0.3) is 0 Å². The van der Waals surface area contributed by atoms with E-state index in [0.29, 0.717) is 11.4 Å². The largest absolute Gasteiger partial charge is 0.392 e. The van der Waals surface area contributed by atoms with Crippen molar-refractivity contribution in [2.45, 2.75) is 19.1 Å². The first-order chi connectivity index (χ1) is 7.20. The SMILES string of the molecule is O=C1CC(O)CN1c1cc(CO)ccn1. The molecular formula is C10H12N2O3. The molecule has 1 amide bonds. The zero-order valence-corrected chi connectivity index (χ0v) is 8.13. The summed E-state index contributed by atoms with van der Waals surface area (Å²) in [6, 6.07) is 3.33. The van der Waals surface area contributed by atoms with Gasteiger partial charge in [0.05, 0.1) is 25.7 Å². The minimum Gasteiger partial charge on any atom is -0.392 e. The topological polar surface area (TPSA) is 73.7 Å². The molecule has 5 nitrogen and oxygen atoms in total. The number of carbonyl (C=O) groups excluding carboxylic acids is 1.